The van der Waals surface area contributed by atoms with E-state index in [1.165, 1.54) is 6.26 Å². The van der Waals surface area contributed by atoms with Crippen molar-refractivity contribution in [1.29, 1.82) is 0 Å². The Bertz CT molecular complexity index is 118. The summed E-state index contributed by atoms with van der Waals surface area (Å²) in [6.07, 6.45) is 1.23. The maximum absolute atomic E-state index is 9.53. The fourth-order valence-electron chi connectivity index (χ4n) is 0.740. The standard InChI is InChI=1S/C8H16O4/c1-4-10-7-8(9,11-5-2)12-6-3/h4,9H,1,5-7H2,2-3H3. The monoisotopic (exact) mass is 176 g/mol. The van der Waals surface area contributed by atoms with Crippen molar-refractivity contribution in [3.63, 3.8) is 0 Å². The molecule has 0 fully saturated rings. The fourth-order valence-corrected chi connectivity index (χ4v) is 0.740. The average molecular weight is 176 g/mol. The molecule has 0 aliphatic carbocycles. The normalized spacial score (nSPS) is 11.2. The molecule has 0 rings (SSSR count). The van der Waals surface area contributed by atoms with Crippen LogP contribution in [-0.2, 0) is 14.2 Å². The van der Waals surface area contributed by atoms with E-state index in [1.807, 2.05) is 0 Å². The molecule has 0 aromatic heterocycles. The molecule has 72 valence electrons. The number of aliphatic hydroxyl groups is 1. The van der Waals surface area contributed by atoms with Crippen LogP contribution in [0, 0.1) is 0 Å². The zero-order valence-electron chi connectivity index (χ0n) is 7.58. The topological polar surface area (TPSA) is 47.9 Å². The van der Waals surface area contributed by atoms with Gasteiger partial charge >= 0.3 is 5.97 Å². The van der Waals surface area contributed by atoms with E-state index in [0.29, 0.717) is 13.2 Å². The van der Waals surface area contributed by atoms with Gasteiger partial charge in [0.2, 0.25) is 0 Å². The lowest BCUT2D eigenvalue weighted by Crippen LogP contribution is -2.40. The summed E-state index contributed by atoms with van der Waals surface area (Å²) in [6.45, 7) is 7.51. The lowest BCUT2D eigenvalue weighted by Gasteiger charge is -2.25. The van der Waals surface area contributed by atoms with E-state index < -0.39 is 5.97 Å². The maximum Gasteiger partial charge on any atom is 0.316 e. The van der Waals surface area contributed by atoms with E-state index in [-0.39, 0.29) is 6.61 Å². The molecule has 0 aliphatic rings. The molecule has 4 heteroatoms. The van der Waals surface area contributed by atoms with Crippen molar-refractivity contribution in [2.75, 3.05) is 19.8 Å². The Hall–Kier alpha value is -0.580. The van der Waals surface area contributed by atoms with E-state index in [0.717, 1.165) is 0 Å². The van der Waals surface area contributed by atoms with Gasteiger partial charge in [-0.1, -0.05) is 6.58 Å². The second-order valence-electron chi connectivity index (χ2n) is 2.06. The first-order chi connectivity index (χ1) is 5.68. The summed E-state index contributed by atoms with van der Waals surface area (Å²) >= 11 is 0. The number of hydrogen-bond acceptors (Lipinski definition) is 4. The molecule has 0 saturated heterocycles. The van der Waals surface area contributed by atoms with Gasteiger partial charge < -0.3 is 19.3 Å². The Morgan fingerprint density at radius 1 is 1.33 bits per heavy atom. The van der Waals surface area contributed by atoms with Gasteiger partial charge in [-0.25, -0.2) is 0 Å². The highest BCUT2D eigenvalue weighted by atomic mass is 16.8. The van der Waals surface area contributed by atoms with Crippen molar-refractivity contribution in [1.82, 2.24) is 0 Å². The molecule has 0 radical (unpaired) electrons. The minimum atomic E-state index is -1.64. The van der Waals surface area contributed by atoms with E-state index in [4.69, 9.17) is 14.2 Å². The van der Waals surface area contributed by atoms with E-state index >= 15 is 0 Å². The summed E-state index contributed by atoms with van der Waals surface area (Å²) in [7, 11) is 0. The molecular weight excluding hydrogens is 160 g/mol. The Morgan fingerprint density at radius 2 is 1.83 bits per heavy atom. The second-order valence-corrected chi connectivity index (χ2v) is 2.06. The molecular formula is C8H16O4. The van der Waals surface area contributed by atoms with Gasteiger partial charge in [0.15, 0.2) is 6.61 Å². The summed E-state index contributed by atoms with van der Waals surface area (Å²) in [5.41, 5.74) is 0. The van der Waals surface area contributed by atoms with Crippen molar-refractivity contribution >= 4 is 0 Å². The molecule has 0 spiro atoms. The van der Waals surface area contributed by atoms with Gasteiger partial charge in [-0.15, -0.1) is 0 Å². The van der Waals surface area contributed by atoms with Crippen LogP contribution in [0.4, 0.5) is 0 Å². The van der Waals surface area contributed by atoms with Gasteiger partial charge in [-0.05, 0) is 13.8 Å². The number of ether oxygens (including phenoxy) is 3. The van der Waals surface area contributed by atoms with Crippen molar-refractivity contribution in [2.45, 2.75) is 19.8 Å². The Balaban J connectivity index is 3.88. The second kappa shape index (κ2) is 5.99. The first-order valence-corrected chi connectivity index (χ1v) is 3.91. The Labute approximate surface area is 72.7 Å². The van der Waals surface area contributed by atoms with Crippen LogP contribution >= 0.6 is 0 Å². The molecule has 1 N–H and O–H groups in total. The summed E-state index contributed by atoms with van der Waals surface area (Å²) in [4.78, 5) is 0. The highest BCUT2D eigenvalue weighted by molar-refractivity contribution is 4.56. The minimum Gasteiger partial charge on any atom is -0.493 e. The molecule has 0 bridgehead atoms. The molecule has 0 unspecified atom stereocenters. The quantitative estimate of drug-likeness (QED) is 0.462. The minimum absolute atomic E-state index is 0.0713. The fraction of sp³-hybridized carbons (Fsp3) is 0.750. The molecule has 4 nitrogen and oxygen atoms in total. The van der Waals surface area contributed by atoms with Crippen LogP contribution < -0.4 is 0 Å². The van der Waals surface area contributed by atoms with Crippen molar-refractivity contribution < 1.29 is 19.3 Å². The predicted molar refractivity (Wildman–Crippen MR) is 44.4 cm³/mol. The lowest BCUT2D eigenvalue weighted by molar-refractivity contribution is -0.369. The van der Waals surface area contributed by atoms with Crippen molar-refractivity contribution in [3.8, 4) is 0 Å². The number of hydrogen-bond donors (Lipinski definition) is 1. The van der Waals surface area contributed by atoms with Gasteiger partial charge in [-0.2, -0.15) is 0 Å². The highest BCUT2D eigenvalue weighted by Crippen LogP contribution is 2.09. The zero-order chi connectivity index (χ0) is 9.45. The highest BCUT2D eigenvalue weighted by Gasteiger charge is 2.28. The molecule has 0 aromatic rings. The summed E-state index contributed by atoms with van der Waals surface area (Å²) in [6, 6.07) is 0. The molecule has 0 atom stereocenters. The Morgan fingerprint density at radius 3 is 2.17 bits per heavy atom. The van der Waals surface area contributed by atoms with Gasteiger partial charge in [0, 0.05) is 13.2 Å². The molecule has 0 saturated carbocycles. The van der Waals surface area contributed by atoms with Crippen LogP contribution in [0.25, 0.3) is 0 Å². The van der Waals surface area contributed by atoms with Crippen LogP contribution in [0.1, 0.15) is 13.8 Å². The first-order valence-electron chi connectivity index (χ1n) is 3.91. The third kappa shape index (κ3) is 4.33. The zero-order valence-corrected chi connectivity index (χ0v) is 7.58. The van der Waals surface area contributed by atoms with Crippen LogP contribution in [-0.4, -0.2) is 30.9 Å². The van der Waals surface area contributed by atoms with E-state index in [9.17, 15) is 5.11 Å². The maximum atomic E-state index is 9.53. The summed E-state index contributed by atoms with van der Waals surface area (Å²) < 4.78 is 14.6. The van der Waals surface area contributed by atoms with Crippen LogP contribution in [0.5, 0.6) is 0 Å². The first kappa shape index (κ1) is 11.4. The Kier molecular flexibility index (Phi) is 5.70. The molecule has 12 heavy (non-hydrogen) atoms. The van der Waals surface area contributed by atoms with Gasteiger partial charge in [-0.3, -0.25) is 0 Å². The average Bonchev–Trinajstić information content (AvgIpc) is 2.02. The SMILES string of the molecule is C=COCC(O)(OCC)OCC. The molecule has 0 amide bonds. The summed E-state index contributed by atoms with van der Waals surface area (Å²) in [5.74, 6) is -1.64. The van der Waals surface area contributed by atoms with E-state index in [2.05, 4.69) is 6.58 Å². The van der Waals surface area contributed by atoms with Crippen molar-refractivity contribution in [2.24, 2.45) is 0 Å². The van der Waals surface area contributed by atoms with Crippen LogP contribution in [0.15, 0.2) is 12.8 Å². The third-order valence-corrected chi connectivity index (χ3v) is 1.12. The predicted octanol–water partition coefficient (Wildman–Crippen LogP) is 0.866. The van der Waals surface area contributed by atoms with Crippen LogP contribution in [0.3, 0.4) is 0 Å². The lowest BCUT2D eigenvalue weighted by atomic mass is 10.5. The molecule has 0 heterocycles. The van der Waals surface area contributed by atoms with Crippen LogP contribution in [0.2, 0.25) is 0 Å². The molecule has 0 aromatic carbocycles. The van der Waals surface area contributed by atoms with Gasteiger partial charge in [0.1, 0.15) is 0 Å². The van der Waals surface area contributed by atoms with E-state index in [1.54, 1.807) is 13.8 Å². The van der Waals surface area contributed by atoms with Gasteiger partial charge in [0.25, 0.3) is 0 Å². The van der Waals surface area contributed by atoms with Crippen molar-refractivity contribution in [3.05, 3.63) is 12.8 Å². The smallest absolute Gasteiger partial charge is 0.316 e. The molecule has 0 aliphatic heterocycles. The summed E-state index contributed by atoms with van der Waals surface area (Å²) in [5, 5.41) is 9.53. The largest absolute Gasteiger partial charge is 0.493 e. The van der Waals surface area contributed by atoms with Gasteiger partial charge in [0.05, 0.1) is 6.26 Å². The number of rotatable bonds is 7. The third-order valence-electron chi connectivity index (χ3n) is 1.12.